The molecule has 0 aliphatic rings. The van der Waals surface area contributed by atoms with Crippen molar-refractivity contribution in [2.24, 2.45) is 5.92 Å². The van der Waals surface area contributed by atoms with E-state index >= 15 is 0 Å². The van der Waals surface area contributed by atoms with Gasteiger partial charge in [0, 0.05) is 18.5 Å². The monoisotopic (exact) mass is 291 g/mol. The number of anilines is 1. The van der Waals surface area contributed by atoms with Crippen LogP contribution in [0.25, 0.3) is 0 Å². The minimum Gasteiger partial charge on any atom is -0.494 e. The van der Waals surface area contributed by atoms with Crippen LogP contribution in [0.4, 0.5) is 5.13 Å². The number of rotatable bonds is 7. The minimum absolute atomic E-state index is 0.606. The van der Waals surface area contributed by atoms with Crippen molar-refractivity contribution in [2.75, 3.05) is 11.9 Å². The maximum Gasteiger partial charge on any atom is 0.205 e. The van der Waals surface area contributed by atoms with Crippen LogP contribution in [0.2, 0.25) is 0 Å². The molecule has 2 rings (SSSR count). The lowest BCUT2D eigenvalue weighted by Crippen LogP contribution is -2.02. The van der Waals surface area contributed by atoms with Crippen molar-refractivity contribution in [3.8, 4) is 5.75 Å². The van der Waals surface area contributed by atoms with E-state index in [-0.39, 0.29) is 0 Å². The molecule has 0 aliphatic carbocycles. The van der Waals surface area contributed by atoms with Crippen LogP contribution >= 0.6 is 11.3 Å². The van der Waals surface area contributed by atoms with Crippen molar-refractivity contribution in [2.45, 2.75) is 33.7 Å². The number of para-hydroxylation sites is 1. The van der Waals surface area contributed by atoms with E-state index in [2.05, 4.69) is 35.4 Å². The highest BCUT2D eigenvalue weighted by atomic mass is 32.1. The molecule has 0 unspecified atom stereocenters. The first-order valence-corrected chi connectivity index (χ1v) is 7.77. The first kappa shape index (κ1) is 14.8. The Bertz CT molecular complexity index is 539. The zero-order chi connectivity index (χ0) is 14.4. The average molecular weight is 291 g/mol. The van der Waals surface area contributed by atoms with E-state index in [1.54, 1.807) is 11.3 Å². The molecule has 1 heterocycles. The second kappa shape index (κ2) is 7.24. The first-order valence-electron chi connectivity index (χ1n) is 6.96. The second-order valence-electron chi connectivity index (χ2n) is 4.99. The van der Waals surface area contributed by atoms with Gasteiger partial charge in [0.25, 0.3) is 0 Å². The highest BCUT2D eigenvalue weighted by Gasteiger charge is 2.07. The summed E-state index contributed by atoms with van der Waals surface area (Å²) in [6.45, 7) is 7.74. The molecule has 0 saturated carbocycles. The third-order valence-electron chi connectivity index (χ3n) is 2.75. The molecule has 108 valence electrons. The third kappa shape index (κ3) is 4.20. The number of hydrogen-bond donors (Lipinski definition) is 1. The molecule has 5 heteroatoms. The summed E-state index contributed by atoms with van der Waals surface area (Å²) in [5.74, 6) is 1.53. The molecule has 0 fully saturated rings. The fourth-order valence-corrected chi connectivity index (χ4v) is 2.82. The van der Waals surface area contributed by atoms with Crippen LogP contribution in [0, 0.1) is 5.92 Å². The van der Waals surface area contributed by atoms with E-state index in [0.29, 0.717) is 19.1 Å². The summed E-state index contributed by atoms with van der Waals surface area (Å²) in [5, 5.41) is 13.6. The van der Waals surface area contributed by atoms with Gasteiger partial charge in [-0.2, -0.15) is 0 Å². The molecule has 20 heavy (non-hydrogen) atoms. The van der Waals surface area contributed by atoms with E-state index in [9.17, 15) is 0 Å². The summed E-state index contributed by atoms with van der Waals surface area (Å²) in [7, 11) is 0. The number of nitrogens with one attached hydrogen (secondary N) is 1. The van der Waals surface area contributed by atoms with Crippen molar-refractivity contribution in [3.63, 3.8) is 0 Å². The van der Waals surface area contributed by atoms with Crippen molar-refractivity contribution >= 4 is 16.5 Å². The average Bonchev–Trinajstić information content (AvgIpc) is 2.85. The maximum absolute atomic E-state index is 5.61. The molecule has 2 aromatic rings. The molecule has 4 nitrogen and oxygen atoms in total. The predicted molar refractivity (Wildman–Crippen MR) is 83.4 cm³/mol. The van der Waals surface area contributed by atoms with Gasteiger partial charge < -0.3 is 10.1 Å². The van der Waals surface area contributed by atoms with E-state index in [1.807, 2.05) is 25.1 Å². The Morgan fingerprint density at radius 2 is 2.05 bits per heavy atom. The predicted octanol–water partition coefficient (Wildman–Crippen LogP) is 3.75. The van der Waals surface area contributed by atoms with E-state index in [1.165, 1.54) is 0 Å². The van der Waals surface area contributed by atoms with Crippen LogP contribution in [0.1, 0.15) is 31.3 Å². The summed E-state index contributed by atoms with van der Waals surface area (Å²) < 4.78 is 5.61. The quantitative estimate of drug-likeness (QED) is 0.844. The summed E-state index contributed by atoms with van der Waals surface area (Å²) in [4.78, 5) is 0. The van der Waals surface area contributed by atoms with Gasteiger partial charge in [-0.15, -0.1) is 10.2 Å². The molecule has 0 spiro atoms. The Kier molecular flexibility index (Phi) is 5.35. The summed E-state index contributed by atoms with van der Waals surface area (Å²) in [6, 6.07) is 8.06. The van der Waals surface area contributed by atoms with Gasteiger partial charge in [-0.25, -0.2) is 0 Å². The van der Waals surface area contributed by atoms with Crippen LogP contribution < -0.4 is 10.1 Å². The summed E-state index contributed by atoms with van der Waals surface area (Å²) in [5.41, 5.74) is 1.13. The number of ether oxygens (including phenoxy) is 1. The number of benzene rings is 1. The number of aromatic nitrogens is 2. The topological polar surface area (TPSA) is 47.0 Å². The minimum atomic E-state index is 0.606. The normalized spacial score (nSPS) is 10.8. The molecule has 0 aliphatic heterocycles. The lowest BCUT2D eigenvalue weighted by Gasteiger charge is -2.09. The highest BCUT2D eigenvalue weighted by Crippen LogP contribution is 2.22. The van der Waals surface area contributed by atoms with Gasteiger partial charge in [-0.3, -0.25) is 0 Å². The molecular formula is C15H21N3OS. The van der Waals surface area contributed by atoms with Crippen LogP contribution in [0.5, 0.6) is 5.75 Å². The molecule has 0 saturated heterocycles. The molecule has 0 radical (unpaired) electrons. The molecule has 0 atom stereocenters. The van der Waals surface area contributed by atoms with E-state index < -0.39 is 0 Å². The van der Waals surface area contributed by atoms with Gasteiger partial charge in [0.1, 0.15) is 10.8 Å². The molecule has 1 aromatic carbocycles. The zero-order valence-corrected chi connectivity index (χ0v) is 13.0. The van der Waals surface area contributed by atoms with E-state index in [0.717, 1.165) is 27.9 Å². The van der Waals surface area contributed by atoms with Gasteiger partial charge in [0.05, 0.1) is 6.61 Å². The second-order valence-corrected chi connectivity index (χ2v) is 6.06. The van der Waals surface area contributed by atoms with Crippen LogP contribution in [0.15, 0.2) is 24.3 Å². The zero-order valence-electron chi connectivity index (χ0n) is 12.2. The van der Waals surface area contributed by atoms with E-state index in [4.69, 9.17) is 4.74 Å². The van der Waals surface area contributed by atoms with Gasteiger partial charge in [0.15, 0.2) is 0 Å². The Hall–Kier alpha value is -1.62. The molecule has 1 N–H and O–H groups in total. The molecule has 1 aromatic heterocycles. The molecular weight excluding hydrogens is 270 g/mol. The Morgan fingerprint density at radius 3 is 2.80 bits per heavy atom. The van der Waals surface area contributed by atoms with Gasteiger partial charge in [0.2, 0.25) is 5.13 Å². The smallest absolute Gasteiger partial charge is 0.205 e. The number of hydrogen-bond acceptors (Lipinski definition) is 5. The lowest BCUT2D eigenvalue weighted by molar-refractivity contribution is 0.337. The molecule has 0 bridgehead atoms. The summed E-state index contributed by atoms with van der Waals surface area (Å²) in [6.07, 6.45) is 0.981. The highest BCUT2D eigenvalue weighted by molar-refractivity contribution is 7.15. The lowest BCUT2D eigenvalue weighted by atomic mass is 10.1. The van der Waals surface area contributed by atoms with Crippen molar-refractivity contribution in [1.29, 1.82) is 0 Å². The first-order chi connectivity index (χ1) is 9.69. The SMILES string of the molecule is CCOc1ccccc1CNc1nnc(CC(C)C)s1. The standard InChI is InChI=1S/C15H21N3OS/c1-4-19-13-8-6-5-7-12(13)10-16-15-18-17-14(20-15)9-11(2)3/h5-8,11H,4,9-10H2,1-3H3,(H,16,18). The van der Waals surface area contributed by atoms with Crippen molar-refractivity contribution in [3.05, 3.63) is 34.8 Å². The van der Waals surface area contributed by atoms with Gasteiger partial charge in [-0.05, 0) is 18.9 Å². The van der Waals surface area contributed by atoms with Gasteiger partial charge in [-0.1, -0.05) is 43.4 Å². The molecule has 0 amide bonds. The van der Waals surface area contributed by atoms with Crippen LogP contribution in [-0.4, -0.2) is 16.8 Å². The van der Waals surface area contributed by atoms with Crippen molar-refractivity contribution < 1.29 is 4.74 Å². The van der Waals surface area contributed by atoms with Crippen LogP contribution in [-0.2, 0) is 13.0 Å². The fourth-order valence-electron chi connectivity index (χ4n) is 1.87. The number of nitrogens with zero attached hydrogens (tertiary/aromatic N) is 2. The van der Waals surface area contributed by atoms with Crippen molar-refractivity contribution in [1.82, 2.24) is 10.2 Å². The fraction of sp³-hybridized carbons (Fsp3) is 0.467. The Labute approximate surface area is 124 Å². The third-order valence-corrected chi connectivity index (χ3v) is 3.66. The Morgan fingerprint density at radius 1 is 1.25 bits per heavy atom. The van der Waals surface area contributed by atoms with Crippen LogP contribution in [0.3, 0.4) is 0 Å². The largest absolute Gasteiger partial charge is 0.494 e. The summed E-state index contributed by atoms with van der Waals surface area (Å²) >= 11 is 1.63. The Balaban J connectivity index is 1.96. The maximum atomic E-state index is 5.61. The van der Waals surface area contributed by atoms with Gasteiger partial charge >= 0.3 is 0 Å².